The van der Waals surface area contributed by atoms with Crippen LogP contribution in [0.15, 0.2) is 40.3 Å². The van der Waals surface area contributed by atoms with Crippen LogP contribution in [0.1, 0.15) is 12.5 Å². The van der Waals surface area contributed by atoms with E-state index in [0.717, 1.165) is 17.0 Å². The van der Waals surface area contributed by atoms with Gasteiger partial charge >= 0.3 is 0 Å². The molecular formula is C14H20BrFIN3. The Bertz CT molecular complexity index is 452. The molecule has 20 heavy (non-hydrogen) atoms. The fraction of sp³-hybridized carbons (Fsp3) is 0.357. The summed E-state index contributed by atoms with van der Waals surface area (Å²) in [5.41, 5.74) is 0.665. The maximum Gasteiger partial charge on any atom is 0.191 e. The summed E-state index contributed by atoms with van der Waals surface area (Å²) in [6, 6.07) is 4.94. The molecule has 0 aliphatic heterocycles. The Morgan fingerprint density at radius 1 is 1.45 bits per heavy atom. The van der Waals surface area contributed by atoms with E-state index in [1.807, 2.05) is 6.92 Å². The smallest absolute Gasteiger partial charge is 0.191 e. The van der Waals surface area contributed by atoms with Gasteiger partial charge in [0.1, 0.15) is 5.82 Å². The summed E-state index contributed by atoms with van der Waals surface area (Å²) in [7, 11) is 0. The summed E-state index contributed by atoms with van der Waals surface area (Å²) in [5, 5.41) is 6.22. The number of benzene rings is 1. The molecule has 112 valence electrons. The van der Waals surface area contributed by atoms with E-state index >= 15 is 0 Å². The van der Waals surface area contributed by atoms with Crippen molar-refractivity contribution in [2.45, 2.75) is 13.3 Å². The Labute approximate surface area is 145 Å². The first kappa shape index (κ1) is 19.4. The molecule has 3 nitrogen and oxygen atoms in total. The Hall–Kier alpha value is -0.630. The lowest BCUT2D eigenvalue weighted by Gasteiger charge is -2.09. The molecule has 0 spiro atoms. The highest BCUT2D eigenvalue weighted by Crippen LogP contribution is 2.15. The van der Waals surface area contributed by atoms with E-state index in [9.17, 15) is 4.39 Å². The Balaban J connectivity index is 0.00000361. The predicted molar refractivity (Wildman–Crippen MR) is 97.4 cm³/mol. The molecule has 0 heterocycles. The standard InChI is InChI=1S/C14H19BrFN3.HI/c1-3-8-18-14(17-4-2)19-9-7-11-10-12(15)5-6-13(11)16;/h3,5-6,10H,1,4,7-9H2,2H3,(H2,17,18,19);1H. The van der Waals surface area contributed by atoms with Crippen LogP contribution in [0.3, 0.4) is 0 Å². The van der Waals surface area contributed by atoms with Crippen LogP contribution in [-0.4, -0.2) is 25.6 Å². The van der Waals surface area contributed by atoms with Gasteiger partial charge in [0.2, 0.25) is 0 Å². The summed E-state index contributed by atoms with van der Waals surface area (Å²) in [6.07, 6.45) is 2.33. The minimum atomic E-state index is -0.192. The summed E-state index contributed by atoms with van der Waals surface area (Å²) < 4.78 is 14.4. The van der Waals surface area contributed by atoms with Crippen LogP contribution in [0.5, 0.6) is 0 Å². The van der Waals surface area contributed by atoms with Crippen molar-refractivity contribution in [2.75, 3.05) is 19.6 Å². The number of guanidine groups is 1. The zero-order chi connectivity index (χ0) is 14.1. The number of nitrogens with zero attached hydrogens (tertiary/aromatic N) is 1. The van der Waals surface area contributed by atoms with Gasteiger partial charge in [0, 0.05) is 24.1 Å². The van der Waals surface area contributed by atoms with E-state index in [2.05, 4.69) is 38.1 Å². The SMILES string of the molecule is C=CCNC(=NCCc1cc(Br)ccc1F)NCC.I. The first-order valence-electron chi connectivity index (χ1n) is 6.24. The number of aliphatic imine (C=N–C) groups is 1. The quantitative estimate of drug-likeness (QED) is 0.298. The van der Waals surface area contributed by atoms with Crippen molar-refractivity contribution in [2.24, 2.45) is 4.99 Å². The Kier molecular flexibility index (Phi) is 10.7. The molecule has 0 radical (unpaired) electrons. The molecule has 0 aromatic heterocycles. The van der Waals surface area contributed by atoms with Gasteiger partial charge in [-0.3, -0.25) is 4.99 Å². The zero-order valence-corrected chi connectivity index (χ0v) is 15.4. The van der Waals surface area contributed by atoms with Gasteiger partial charge in [-0.2, -0.15) is 0 Å². The number of nitrogens with one attached hydrogen (secondary N) is 2. The van der Waals surface area contributed by atoms with Crippen LogP contribution in [0.25, 0.3) is 0 Å². The van der Waals surface area contributed by atoms with E-state index in [-0.39, 0.29) is 29.8 Å². The third kappa shape index (κ3) is 7.23. The van der Waals surface area contributed by atoms with Crippen LogP contribution >= 0.6 is 39.9 Å². The number of rotatable bonds is 6. The third-order valence-electron chi connectivity index (χ3n) is 2.42. The van der Waals surface area contributed by atoms with Gasteiger partial charge in [0.25, 0.3) is 0 Å². The first-order valence-corrected chi connectivity index (χ1v) is 7.03. The van der Waals surface area contributed by atoms with Gasteiger partial charge in [-0.05, 0) is 37.1 Å². The summed E-state index contributed by atoms with van der Waals surface area (Å²) in [5.74, 6) is 0.528. The van der Waals surface area contributed by atoms with Crippen LogP contribution in [-0.2, 0) is 6.42 Å². The van der Waals surface area contributed by atoms with Crippen LogP contribution in [0.2, 0.25) is 0 Å². The molecule has 0 amide bonds. The highest BCUT2D eigenvalue weighted by Gasteiger charge is 2.02. The van der Waals surface area contributed by atoms with E-state index in [0.29, 0.717) is 25.1 Å². The molecule has 0 saturated carbocycles. The van der Waals surface area contributed by atoms with Gasteiger partial charge in [0.15, 0.2) is 5.96 Å². The van der Waals surface area contributed by atoms with Crippen molar-refractivity contribution in [3.8, 4) is 0 Å². The summed E-state index contributed by atoms with van der Waals surface area (Å²) >= 11 is 3.34. The van der Waals surface area contributed by atoms with Crippen molar-refractivity contribution in [3.05, 3.63) is 46.7 Å². The summed E-state index contributed by atoms with van der Waals surface area (Å²) in [4.78, 5) is 4.38. The van der Waals surface area contributed by atoms with Gasteiger partial charge < -0.3 is 10.6 Å². The molecule has 0 unspecified atom stereocenters. The second-order valence-electron chi connectivity index (χ2n) is 3.92. The topological polar surface area (TPSA) is 36.4 Å². The average Bonchev–Trinajstić information content (AvgIpc) is 2.40. The number of hydrogen-bond acceptors (Lipinski definition) is 1. The average molecular weight is 456 g/mol. The van der Waals surface area contributed by atoms with Crippen LogP contribution in [0.4, 0.5) is 4.39 Å². The van der Waals surface area contributed by atoms with Crippen molar-refractivity contribution in [1.82, 2.24) is 10.6 Å². The predicted octanol–water partition coefficient (Wildman–Crippen LogP) is 3.49. The first-order chi connectivity index (χ1) is 9.17. The van der Waals surface area contributed by atoms with E-state index in [4.69, 9.17) is 0 Å². The van der Waals surface area contributed by atoms with Gasteiger partial charge in [-0.1, -0.05) is 22.0 Å². The molecule has 1 aromatic carbocycles. The van der Waals surface area contributed by atoms with Gasteiger partial charge in [0.05, 0.1) is 0 Å². The Morgan fingerprint density at radius 2 is 2.20 bits per heavy atom. The van der Waals surface area contributed by atoms with Crippen LogP contribution < -0.4 is 10.6 Å². The molecule has 6 heteroatoms. The summed E-state index contributed by atoms with van der Waals surface area (Å²) in [6.45, 7) is 7.60. The normalized spacial score (nSPS) is 10.7. The third-order valence-corrected chi connectivity index (χ3v) is 2.91. The fourth-order valence-electron chi connectivity index (χ4n) is 1.53. The molecule has 0 atom stereocenters. The van der Waals surface area contributed by atoms with E-state index < -0.39 is 0 Å². The van der Waals surface area contributed by atoms with E-state index in [1.165, 1.54) is 6.07 Å². The molecule has 0 bridgehead atoms. The largest absolute Gasteiger partial charge is 0.357 e. The van der Waals surface area contributed by atoms with Gasteiger partial charge in [-0.15, -0.1) is 30.6 Å². The highest BCUT2D eigenvalue weighted by atomic mass is 127. The molecule has 1 aromatic rings. The van der Waals surface area contributed by atoms with Crippen molar-refractivity contribution in [1.29, 1.82) is 0 Å². The fourth-order valence-corrected chi connectivity index (χ4v) is 1.94. The second-order valence-corrected chi connectivity index (χ2v) is 4.83. The molecule has 2 N–H and O–H groups in total. The minimum Gasteiger partial charge on any atom is -0.357 e. The number of halogens is 3. The molecule has 1 rings (SSSR count). The molecule has 0 aliphatic carbocycles. The zero-order valence-electron chi connectivity index (χ0n) is 11.5. The minimum absolute atomic E-state index is 0. The van der Waals surface area contributed by atoms with Crippen molar-refractivity contribution in [3.63, 3.8) is 0 Å². The van der Waals surface area contributed by atoms with Gasteiger partial charge in [-0.25, -0.2) is 4.39 Å². The molecular weight excluding hydrogens is 436 g/mol. The van der Waals surface area contributed by atoms with Crippen molar-refractivity contribution >= 4 is 45.9 Å². The monoisotopic (exact) mass is 455 g/mol. The Morgan fingerprint density at radius 3 is 2.85 bits per heavy atom. The lowest BCUT2D eigenvalue weighted by Crippen LogP contribution is -2.37. The molecule has 0 saturated heterocycles. The lowest BCUT2D eigenvalue weighted by molar-refractivity contribution is 0.609. The maximum atomic E-state index is 13.5. The number of hydrogen-bond donors (Lipinski definition) is 2. The second kappa shape index (κ2) is 11.1. The molecule has 0 fully saturated rings. The molecule has 0 aliphatic rings. The van der Waals surface area contributed by atoms with Crippen molar-refractivity contribution < 1.29 is 4.39 Å². The van der Waals surface area contributed by atoms with Crippen LogP contribution in [0, 0.1) is 5.82 Å². The maximum absolute atomic E-state index is 13.5. The highest BCUT2D eigenvalue weighted by molar-refractivity contribution is 14.0. The van der Waals surface area contributed by atoms with E-state index in [1.54, 1.807) is 18.2 Å². The lowest BCUT2D eigenvalue weighted by atomic mass is 10.1.